The molecule has 1 heteroatoms. The third-order valence-corrected chi connectivity index (χ3v) is 1.40. The van der Waals surface area contributed by atoms with E-state index < -0.39 is 0 Å². The van der Waals surface area contributed by atoms with Crippen LogP contribution in [0.3, 0.4) is 0 Å². The molecule has 1 nitrogen and oxygen atoms in total. The van der Waals surface area contributed by atoms with Crippen LogP contribution in [0.2, 0.25) is 0 Å². The van der Waals surface area contributed by atoms with E-state index in [2.05, 4.69) is 12.2 Å². The molecular formula is C6H12N. The Balaban J connectivity index is 2.12. The molecule has 1 rings (SSSR count). The van der Waals surface area contributed by atoms with Crippen LogP contribution in [0.5, 0.6) is 0 Å². The summed E-state index contributed by atoms with van der Waals surface area (Å²) < 4.78 is 0. The van der Waals surface area contributed by atoms with Crippen LogP contribution in [0.15, 0.2) is 0 Å². The quantitative estimate of drug-likeness (QED) is 0.473. The van der Waals surface area contributed by atoms with Crippen LogP contribution in [0.25, 0.3) is 0 Å². The fraction of sp³-hybridized carbons (Fsp3) is 0.833. The van der Waals surface area contributed by atoms with Gasteiger partial charge in [0.25, 0.3) is 0 Å². The lowest BCUT2D eigenvalue weighted by Crippen LogP contribution is -2.27. The van der Waals surface area contributed by atoms with Crippen LogP contribution in [0.4, 0.5) is 0 Å². The van der Waals surface area contributed by atoms with Gasteiger partial charge in [-0.25, -0.2) is 0 Å². The molecule has 0 amide bonds. The van der Waals surface area contributed by atoms with E-state index in [4.69, 9.17) is 0 Å². The van der Waals surface area contributed by atoms with E-state index >= 15 is 0 Å². The molecule has 1 aliphatic rings. The summed E-state index contributed by atoms with van der Waals surface area (Å²) in [5, 5.41) is 3.27. The van der Waals surface area contributed by atoms with Gasteiger partial charge in [0.2, 0.25) is 0 Å². The second-order valence-corrected chi connectivity index (χ2v) is 2.21. The maximum absolute atomic E-state index is 3.94. The van der Waals surface area contributed by atoms with Crippen LogP contribution in [-0.4, -0.2) is 13.1 Å². The normalized spacial score (nSPS) is 33.0. The fourth-order valence-corrected chi connectivity index (χ4v) is 0.924. The van der Waals surface area contributed by atoms with Crippen LogP contribution >= 0.6 is 0 Å². The van der Waals surface area contributed by atoms with Crippen molar-refractivity contribution in [3.63, 3.8) is 0 Å². The largest absolute Gasteiger partial charge is 0.316 e. The Labute approximate surface area is 45.1 Å². The van der Waals surface area contributed by atoms with Crippen molar-refractivity contribution in [2.24, 2.45) is 5.92 Å². The first-order valence-corrected chi connectivity index (χ1v) is 2.93. The zero-order chi connectivity index (χ0) is 5.11. The van der Waals surface area contributed by atoms with Crippen LogP contribution in [0, 0.1) is 12.8 Å². The Kier molecular flexibility index (Phi) is 1.69. The second-order valence-electron chi connectivity index (χ2n) is 2.21. The van der Waals surface area contributed by atoms with Crippen molar-refractivity contribution < 1.29 is 0 Å². The lowest BCUT2D eigenvalue weighted by Gasteiger charge is -2.17. The van der Waals surface area contributed by atoms with Crippen LogP contribution < -0.4 is 5.32 Å². The van der Waals surface area contributed by atoms with Gasteiger partial charge in [0.15, 0.2) is 0 Å². The highest BCUT2D eigenvalue weighted by molar-refractivity contribution is 4.69. The van der Waals surface area contributed by atoms with E-state index in [0.29, 0.717) is 5.92 Å². The van der Waals surface area contributed by atoms with Gasteiger partial charge in [0.1, 0.15) is 0 Å². The van der Waals surface area contributed by atoms with Gasteiger partial charge >= 0.3 is 0 Å². The first-order valence-electron chi connectivity index (χ1n) is 2.93. The lowest BCUT2D eigenvalue weighted by atomic mass is 10.0. The molecule has 1 N–H and O–H groups in total. The Morgan fingerprint density at radius 3 is 2.71 bits per heavy atom. The van der Waals surface area contributed by atoms with Crippen LogP contribution in [-0.2, 0) is 0 Å². The van der Waals surface area contributed by atoms with Gasteiger partial charge in [-0.1, -0.05) is 0 Å². The molecule has 0 saturated carbocycles. The zero-order valence-electron chi connectivity index (χ0n) is 4.61. The lowest BCUT2D eigenvalue weighted by molar-refractivity contribution is 0.436. The van der Waals surface area contributed by atoms with E-state index in [-0.39, 0.29) is 0 Å². The summed E-state index contributed by atoms with van der Waals surface area (Å²) in [5.41, 5.74) is 0. The van der Waals surface area contributed by atoms with Gasteiger partial charge in [-0.3, -0.25) is 0 Å². The molecule has 0 unspecified atom stereocenters. The summed E-state index contributed by atoms with van der Waals surface area (Å²) in [6, 6.07) is 0. The molecule has 1 aliphatic heterocycles. The molecule has 7 heavy (non-hydrogen) atoms. The summed E-state index contributed by atoms with van der Waals surface area (Å²) >= 11 is 0. The van der Waals surface area contributed by atoms with E-state index in [0.717, 1.165) is 6.54 Å². The van der Waals surface area contributed by atoms with Crippen molar-refractivity contribution >= 4 is 0 Å². The summed E-state index contributed by atoms with van der Waals surface area (Å²) in [4.78, 5) is 0. The average molecular weight is 98.2 g/mol. The minimum absolute atomic E-state index is 0.675. The van der Waals surface area contributed by atoms with E-state index in [1.807, 2.05) is 0 Å². The molecule has 1 heterocycles. The molecule has 0 aromatic heterocycles. The molecule has 1 fully saturated rings. The molecule has 0 aliphatic carbocycles. The molecule has 0 aromatic rings. The summed E-state index contributed by atoms with van der Waals surface area (Å²) in [5.74, 6) is 0.675. The molecule has 0 bridgehead atoms. The number of nitrogens with one attached hydrogen (secondary N) is 1. The maximum Gasteiger partial charge on any atom is -0.00205 e. The molecule has 1 atom stereocenters. The third-order valence-electron chi connectivity index (χ3n) is 1.40. The topological polar surface area (TPSA) is 12.0 Å². The highest BCUT2D eigenvalue weighted by Crippen LogP contribution is 2.06. The minimum Gasteiger partial charge on any atom is -0.316 e. The highest BCUT2D eigenvalue weighted by Gasteiger charge is 2.05. The molecule has 0 aromatic carbocycles. The van der Waals surface area contributed by atoms with E-state index in [1.54, 1.807) is 0 Å². The average Bonchev–Trinajstić information content (AvgIpc) is 1.69. The van der Waals surface area contributed by atoms with Gasteiger partial charge in [-0.15, -0.1) is 0 Å². The van der Waals surface area contributed by atoms with Gasteiger partial charge in [-0.05, 0) is 38.8 Å². The molecule has 41 valence electrons. The number of hydrogen-bond donors (Lipinski definition) is 1. The Bertz CT molecular complexity index is 46.1. The van der Waals surface area contributed by atoms with E-state index in [1.165, 1.54) is 19.4 Å². The summed E-state index contributed by atoms with van der Waals surface area (Å²) in [6.07, 6.45) is 2.63. The van der Waals surface area contributed by atoms with E-state index in [9.17, 15) is 0 Å². The van der Waals surface area contributed by atoms with Gasteiger partial charge < -0.3 is 5.32 Å². The summed E-state index contributed by atoms with van der Waals surface area (Å²) in [6.45, 7) is 6.26. The van der Waals surface area contributed by atoms with Gasteiger partial charge in [-0.2, -0.15) is 0 Å². The SMILES string of the molecule is [CH2][C@@H]1CCCNC1. The standard InChI is InChI=1S/C6H12N/c1-6-3-2-4-7-5-6/h6-7H,1-5H2/t6-/m1/s1. The summed E-state index contributed by atoms with van der Waals surface area (Å²) in [7, 11) is 0. The highest BCUT2D eigenvalue weighted by atomic mass is 14.9. The Morgan fingerprint density at radius 2 is 2.43 bits per heavy atom. The zero-order valence-corrected chi connectivity index (χ0v) is 4.61. The van der Waals surface area contributed by atoms with Gasteiger partial charge in [0, 0.05) is 0 Å². The molecule has 0 spiro atoms. The van der Waals surface area contributed by atoms with Crippen molar-refractivity contribution in [1.29, 1.82) is 0 Å². The van der Waals surface area contributed by atoms with Crippen molar-refractivity contribution in [3.05, 3.63) is 6.92 Å². The first kappa shape index (κ1) is 5.10. The second kappa shape index (κ2) is 2.31. The predicted octanol–water partition coefficient (Wildman–Crippen LogP) is 0.820. The van der Waals surface area contributed by atoms with Crippen molar-refractivity contribution in [1.82, 2.24) is 5.32 Å². The predicted molar refractivity (Wildman–Crippen MR) is 31.0 cm³/mol. The third kappa shape index (κ3) is 1.48. The molecule has 1 saturated heterocycles. The Morgan fingerprint density at radius 1 is 1.57 bits per heavy atom. The molecular weight excluding hydrogens is 86.1 g/mol. The monoisotopic (exact) mass is 98.1 g/mol. The molecule has 1 radical (unpaired) electrons. The van der Waals surface area contributed by atoms with Crippen molar-refractivity contribution in [3.8, 4) is 0 Å². The Hall–Kier alpha value is -0.0400. The minimum atomic E-state index is 0.675. The van der Waals surface area contributed by atoms with Gasteiger partial charge in [0.05, 0.1) is 0 Å². The first-order chi connectivity index (χ1) is 3.39. The van der Waals surface area contributed by atoms with Crippen molar-refractivity contribution in [2.75, 3.05) is 13.1 Å². The van der Waals surface area contributed by atoms with Crippen molar-refractivity contribution in [2.45, 2.75) is 12.8 Å². The smallest absolute Gasteiger partial charge is 0.00205 e. The van der Waals surface area contributed by atoms with Crippen LogP contribution in [0.1, 0.15) is 12.8 Å². The fourth-order valence-electron chi connectivity index (χ4n) is 0.924. The number of hydrogen-bond acceptors (Lipinski definition) is 1. The number of piperidine rings is 1. The number of rotatable bonds is 0. The maximum atomic E-state index is 3.94.